The van der Waals surface area contributed by atoms with E-state index in [2.05, 4.69) is 20.7 Å². The molecule has 6 N–H and O–H groups in total. The van der Waals surface area contributed by atoms with Crippen molar-refractivity contribution >= 4 is 31.3 Å². The number of nitrogens with one attached hydrogen (secondary N) is 3. The highest BCUT2D eigenvalue weighted by atomic mass is 31.2. The number of hydrogen-bond acceptors (Lipinski definition) is 9. The summed E-state index contributed by atoms with van der Waals surface area (Å²) < 4.78 is 68.9. The van der Waals surface area contributed by atoms with Crippen molar-refractivity contribution in [2.24, 2.45) is 10.8 Å². The van der Waals surface area contributed by atoms with Crippen molar-refractivity contribution < 1.29 is 51.0 Å². The third-order valence-electron chi connectivity index (χ3n) is 5.35. The van der Waals surface area contributed by atoms with Crippen LogP contribution in [-0.4, -0.2) is 61.5 Å². The van der Waals surface area contributed by atoms with E-state index in [0.717, 1.165) is 0 Å². The molecule has 0 aliphatic heterocycles. The number of halogens is 3. The number of azide groups is 1. The topological polar surface area (TPSA) is 231 Å². The highest BCUT2D eigenvalue weighted by Crippen LogP contribution is 2.54. The van der Waals surface area contributed by atoms with Crippen LogP contribution in [0.5, 0.6) is 11.5 Å². The van der Waals surface area contributed by atoms with Crippen molar-refractivity contribution in [3.8, 4) is 11.5 Å². The zero-order valence-corrected chi connectivity index (χ0v) is 25.4. The van der Waals surface area contributed by atoms with Gasteiger partial charge in [-0.05, 0) is 47.5 Å². The highest BCUT2D eigenvalue weighted by Gasteiger charge is 2.43. The predicted molar refractivity (Wildman–Crippen MR) is 164 cm³/mol. The fourth-order valence-corrected chi connectivity index (χ4v) is 5.10. The fraction of sp³-hybridized carbons (Fsp3) is 0.250. The van der Waals surface area contributed by atoms with E-state index < -0.39 is 31.7 Å². The maximum Gasteiger partial charge on any atom is 0.490 e. The van der Waals surface area contributed by atoms with Gasteiger partial charge in [-0.25, -0.2) is 14.2 Å². The second kappa shape index (κ2) is 19.2. The molecule has 1 unspecified atom stereocenters. The van der Waals surface area contributed by atoms with Crippen LogP contribution in [0.3, 0.4) is 0 Å². The number of carbonyl (C=O) groups excluding carboxylic acids is 1. The first-order chi connectivity index (χ1) is 22.3. The maximum absolute atomic E-state index is 14.4. The van der Waals surface area contributed by atoms with Gasteiger partial charge in [0.15, 0.2) is 5.96 Å². The first kappa shape index (κ1) is 37.7. The van der Waals surface area contributed by atoms with Gasteiger partial charge in [-0.1, -0.05) is 53.6 Å². The predicted octanol–water partition coefficient (Wildman–Crippen LogP) is 5.90. The van der Waals surface area contributed by atoms with Crippen LogP contribution in [0.4, 0.5) is 23.7 Å². The SMILES string of the molecule is O=C(O)C(F)(F)F.[N-]=[N+]=NCCOCCNC(=O)OC(Cc1ccc(NC(=N)N)cc1)P(=O)(Oc1ccccc1)Oc1ccccc1. The number of carboxylic acid groups (broad SMARTS) is 1. The number of nitrogens with zero attached hydrogens (tertiary/aromatic N) is 3. The Bertz CT molecular complexity index is 1480. The number of rotatable bonds is 15. The number of alkyl halides is 3. The molecule has 0 aliphatic rings. The molecule has 0 bridgehead atoms. The van der Waals surface area contributed by atoms with Gasteiger partial charge in [0.25, 0.3) is 0 Å². The molecule has 47 heavy (non-hydrogen) atoms. The van der Waals surface area contributed by atoms with Crippen LogP contribution in [0.25, 0.3) is 10.4 Å². The molecule has 0 radical (unpaired) electrons. The first-order valence-electron chi connectivity index (χ1n) is 13.4. The number of carbonyl (C=O) groups is 2. The molecule has 0 spiro atoms. The quantitative estimate of drug-likeness (QED) is 0.0242. The molecule has 1 amide bonds. The number of hydrogen-bond donors (Lipinski definition) is 5. The van der Waals surface area contributed by atoms with E-state index in [1.165, 1.54) is 0 Å². The zero-order valence-electron chi connectivity index (χ0n) is 24.5. The van der Waals surface area contributed by atoms with Crippen molar-refractivity contribution in [2.75, 3.05) is 31.6 Å². The van der Waals surface area contributed by atoms with Gasteiger partial charge in [0.1, 0.15) is 11.5 Å². The van der Waals surface area contributed by atoms with Crippen molar-refractivity contribution in [3.05, 3.63) is 101 Å². The van der Waals surface area contributed by atoms with Crippen LogP contribution in [0.15, 0.2) is 90.0 Å². The van der Waals surface area contributed by atoms with Gasteiger partial charge in [0.05, 0.1) is 13.2 Å². The molecule has 252 valence electrons. The minimum absolute atomic E-state index is 0.0205. The summed E-state index contributed by atoms with van der Waals surface area (Å²) in [4.78, 5) is 24.3. The summed E-state index contributed by atoms with van der Waals surface area (Å²) in [6.45, 7) is 0.601. The van der Waals surface area contributed by atoms with Gasteiger partial charge in [0.2, 0.25) is 5.85 Å². The molecular formula is C28H31F3N7O8P. The molecule has 19 heteroatoms. The summed E-state index contributed by atoms with van der Waals surface area (Å²) in [6.07, 6.45) is -5.96. The molecule has 3 aromatic rings. The Morgan fingerprint density at radius 2 is 1.51 bits per heavy atom. The fourth-order valence-electron chi connectivity index (χ4n) is 3.33. The van der Waals surface area contributed by atoms with Crippen molar-refractivity contribution in [1.82, 2.24) is 5.32 Å². The summed E-state index contributed by atoms with van der Waals surface area (Å²) in [5.74, 6) is -3.79. The van der Waals surface area contributed by atoms with Gasteiger partial charge < -0.3 is 40.0 Å². The number of amides is 1. The largest absolute Gasteiger partial charge is 0.490 e. The molecule has 0 aromatic heterocycles. The maximum atomic E-state index is 14.4. The second-order valence-electron chi connectivity index (χ2n) is 8.94. The molecule has 1 atom stereocenters. The smallest absolute Gasteiger partial charge is 0.475 e. The number of alkyl carbamates (subject to hydrolysis) is 1. The summed E-state index contributed by atoms with van der Waals surface area (Å²) in [7, 11) is -4.22. The Kier molecular flexibility index (Phi) is 15.4. The Labute approximate surface area is 266 Å². The Morgan fingerprint density at radius 3 is 1.98 bits per heavy atom. The second-order valence-corrected chi connectivity index (χ2v) is 11.0. The van der Waals surface area contributed by atoms with Crippen LogP contribution >= 0.6 is 7.60 Å². The van der Waals surface area contributed by atoms with E-state index in [-0.39, 0.29) is 50.2 Å². The van der Waals surface area contributed by atoms with E-state index in [1.807, 2.05) is 0 Å². The van der Waals surface area contributed by atoms with Crippen LogP contribution < -0.4 is 25.4 Å². The summed E-state index contributed by atoms with van der Waals surface area (Å²) in [5.41, 5.74) is 14.9. The minimum atomic E-state index is -5.08. The molecule has 0 saturated carbocycles. The number of carboxylic acids is 1. The minimum Gasteiger partial charge on any atom is -0.475 e. The van der Waals surface area contributed by atoms with Gasteiger partial charge in [-0.2, -0.15) is 13.2 Å². The number of anilines is 1. The molecule has 3 rings (SSSR count). The summed E-state index contributed by atoms with van der Waals surface area (Å²) >= 11 is 0. The van der Waals surface area contributed by atoms with Crippen LogP contribution in [0, 0.1) is 5.41 Å². The summed E-state index contributed by atoms with van der Waals surface area (Å²) in [6, 6.07) is 23.7. The molecule has 3 aromatic carbocycles. The molecule has 15 nitrogen and oxygen atoms in total. The first-order valence-corrected chi connectivity index (χ1v) is 15.1. The van der Waals surface area contributed by atoms with Gasteiger partial charge in [-0.3, -0.25) is 5.41 Å². The highest BCUT2D eigenvalue weighted by molar-refractivity contribution is 7.55. The number of ether oxygens (including phenoxy) is 2. The number of nitrogens with two attached hydrogens (primary N) is 1. The van der Waals surface area contributed by atoms with E-state index in [0.29, 0.717) is 11.3 Å². The number of guanidine groups is 1. The lowest BCUT2D eigenvalue weighted by atomic mass is 10.1. The lowest BCUT2D eigenvalue weighted by Crippen LogP contribution is -2.34. The third kappa shape index (κ3) is 14.9. The number of para-hydroxylation sites is 2. The van der Waals surface area contributed by atoms with E-state index >= 15 is 0 Å². The molecule has 0 saturated heterocycles. The standard InChI is InChI=1S/C26H30N7O6P.C2HF3O2/c27-25(28)32-21-13-11-20(12-14-21)19-24(37-26(34)30-15-17-36-18-16-31-33-29)40(35,38-22-7-3-1-4-8-22)39-23-9-5-2-6-10-23;3-2(4,5)1(6)7/h1-14,24H,15-19H2,(H,30,34)(H4,27,28,32);(H,6,7). The van der Waals surface area contributed by atoms with Crippen LogP contribution in [-0.2, 0) is 25.3 Å². The Morgan fingerprint density at radius 1 is 0.979 bits per heavy atom. The number of benzene rings is 3. The Balaban J connectivity index is 0.000000984. The van der Waals surface area contributed by atoms with Gasteiger partial charge in [-0.15, -0.1) is 0 Å². The third-order valence-corrected chi connectivity index (χ3v) is 7.27. The number of aliphatic carboxylic acids is 1. The molecule has 0 fully saturated rings. The van der Waals surface area contributed by atoms with E-state index in [9.17, 15) is 22.5 Å². The molecular weight excluding hydrogens is 650 g/mol. The van der Waals surface area contributed by atoms with Crippen molar-refractivity contribution in [3.63, 3.8) is 0 Å². The average molecular weight is 682 g/mol. The summed E-state index contributed by atoms with van der Waals surface area (Å²) in [5, 5.41) is 23.1. The van der Waals surface area contributed by atoms with Crippen LogP contribution in [0.2, 0.25) is 0 Å². The van der Waals surface area contributed by atoms with Crippen molar-refractivity contribution in [2.45, 2.75) is 18.4 Å². The normalized spacial score (nSPS) is 11.4. The monoisotopic (exact) mass is 681 g/mol. The average Bonchev–Trinajstić information content (AvgIpc) is 3.02. The van der Waals surface area contributed by atoms with Gasteiger partial charge in [0, 0.05) is 30.1 Å². The Hall–Kier alpha value is -5.44. The van der Waals surface area contributed by atoms with E-state index in [4.69, 9.17) is 45.1 Å². The van der Waals surface area contributed by atoms with Gasteiger partial charge >= 0.3 is 25.8 Å². The lowest BCUT2D eigenvalue weighted by molar-refractivity contribution is -0.192. The lowest BCUT2D eigenvalue weighted by Gasteiger charge is -2.27. The molecule has 0 aliphatic carbocycles. The molecule has 0 heterocycles. The zero-order chi connectivity index (χ0) is 34.7. The van der Waals surface area contributed by atoms with Crippen molar-refractivity contribution in [1.29, 1.82) is 5.41 Å². The van der Waals surface area contributed by atoms with E-state index in [1.54, 1.807) is 84.9 Å². The van der Waals surface area contributed by atoms with Crippen LogP contribution in [0.1, 0.15) is 5.56 Å².